The molecule has 1 aliphatic rings. The van der Waals surface area contributed by atoms with Crippen molar-refractivity contribution in [3.63, 3.8) is 0 Å². The maximum Gasteiger partial charge on any atom is 0.341 e. The van der Waals surface area contributed by atoms with Crippen molar-refractivity contribution in [1.29, 1.82) is 0 Å². The minimum atomic E-state index is -2.42. The number of methoxy groups -OCH3 is 1. The lowest BCUT2D eigenvalue weighted by Gasteiger charge is -2.32. The van der Waals surface area contributed by atoms with Crippen molar-refractivity contribution in [1.82, 2.24) is 5.32 Å². The molecule has 1 fully saturated rings. The Morgan fingerprint density at radius 2 is 1.73 bits per heavy atom. The molecular formula is C27H36BrCl2N3O7. The van der Waals surface area contributed by atoms with Crippen molar-refractivity contribution in [2.45, 2.75) is 70.4 Å². The van der Waals surface area contributed by atoms with E-state index in [1.807, 2.05) is 0 Å². The summed E-state index contributed by atoms with van der Waals surface area (Å²) in [5, 5.41) is 13.3. The van der Waals surface area contributed by atoms with Gasteiger partial charge in [-0.2, -0.15) is 0 Å². The molecule has 2 aromatic carbocycles. The first-order chi connectivity index (χ1) is 18.6. The van der Waals surface area contributed by atoms with Crippen LogP contribution in [0.2, 0.25) is 5.02 Å². The van der Waals surface area contributed by atoms with Crippen LogP contribution in [0.1, 0.15) is 56.6 Å². The molecule has 3 rings (SSSR count). The topological polar surface area (TPSA) is 155 Å². The lowest BCUT2D eigenvalue weighted by molar-refractivity contribution is -0.168. The summed E-state index contributed by atoms with van der Waals surface area (Å²) >= 11 is 9.99. The number of rotatable bonds is 14. The van der Waals surface area contributed by atoms with Crippen LogP contribution in [0.3, 0.4) is 0 Å². The number of carbonyl (C=O) groups is 2. The molecule has 40 heavy (non-hydrogen) atoms. The van der Waals surface area contributed by atoms with E-state index in [0.717, 1.165) is 18.4 Å². The summed E-state index contributed by atoms with van der Waals surface area (Å²) in [6, 6.07) is 6.94. The molecule has 1 aliphatic carbocycles. The highest BCUT2D eigenvalue weighted by Crippen LogP contribution is 2.43. The van der Waals surface area contributed by atoms with Crippen LogP contribution < -0.4 is 35.7 Å². The lowest BCUT2D eigenvalue weighted by Crippen LogP contribution is -2.56. The van der Waals surface area contributed by atoms with Gasteiger partial charge in [0.15, 0.2) is 23.0 Å². The molecule has 10 nitrogen and oxygen atoms in total. The number of ether oxygens (including phenoxy) is 4. The van der Waals surface area contributed by atoms with E-state index in [9.17, 15) is 14.7 Å². The van der Waals surface area contributed by atoms with E-state index in [-0.39, 0.29) is 53.6 Å². The maximum atomic E-state index is 12.9. The average molecular weight is 665 g/mol. The van der Waals surface area contributed by atoms with Crippen LogP contribution in [0.25, 0.3) is 0 Å². The Kier molecular flexibility index (Phi) is 13.1. The van der Waals surface area contributed by atoms with Gasteiger partial charge in [0.2, 0.25) is 5.91 Å². The second-order valence-corrected chi connectivity index (χ2v) is 10.5. The zero-order valence-electron chi connectivity index (χ0n) is 22.5. The number of aliphatic hydroxyl groups excluding tert-OH is 1. The standard InChI is InChI=1S/C27H35BrClN3O7.ClH/c1-3-37-22-12-17(15-33)9-19(28)24(22)38-27(26(31)35,13-23(30)34)39-25-20(29)10-16(11-21(25)36-2)14-32-18-7-5-4-6-8-18;/h9-12,18,32-33H,3-8,13-15H2,1-2H3,(H2,30,34)(H2,31,35);1H. The van der Waals surface area contributed by atoms with Gasteiger partial charge in [0, 0.05) is 12.6 Å². The van der Waals surface area contributed by atoms with Gasteiger partial charge in [0.25, 0.3) is 0 Å². The quantitative estimate of drug-likeness (QED) is 0.217. The second-order valence-electron chi connectivity index (χ2n) is 9.29. The normalized spacial score (nSPS) is 14.9. The lowest BCUT2D eigenvalue weighted by atomic mass is 9.95. The predicted molar refractivity (Wildman–Crippen MR) is 157 cm³/mol. The molecule has 0 aliphatic heterocycles. The van der Waals surface area contributed by atoms with Crippen molar-refractivity contribution < 1.29 is 33.6 Å². The van der Waals surface area contributed by atoms with Crippen molar-refractivity contribution in [3.05, 3.63) is 44.9 Å². The summed E-state index contributed by atoms with van der Waals surface area (Å²) in [7, 11) is 1.43. The molecule has 222 valence electrons. The van der Waals surface area contributed by atoms with Crippen LogP contribution >= 0.6 is 39.9 Å². The summed E-state index contributed by atoms with van der Waals surface area (Å²) in [4.78, 5) is 25.0. The average Bonchev–Trinajstić information content (AvgIpc) is 2.90. The Morgan fingerprint density at radius 1 is 1.07 bits per heavy atom. The van der Waals surface area contributed by atoms with Gasteiger partial charge in [0.1, 0.15) is 6.42 Å². The largest absolute Gasteiger partial charge is 0.493 e. The molecule has 0 radical (unpaired) electrons. The zero-order chi connectivity index (χ0) is 28.6. The van der Waals surface area contributed by atoms with Gasteiger partial charge < -0.3 is 40.8 Å². The van der Waals surface area contributed by atoms with E-state index in [2.05, 4.69) is 21.2 Å². The summed E-state index contributed by atoms with van der Waals surface area (Å²) < 4.78 is 23.6. The van der Waals surface area contributed by atoms with Gasteiger partial charge in [-0.25, -0.2) is 0 Å². The minimum absolute atomic E-state index is 0. The van der Waals surface area contributed by atoms with Gasteiger partial charge in [0.05, 0.1) is 29.8 Å². The maximum absolute atomic E-state index is 12.9. The first-order valence-electron chi connectivity index (χ1n) is 12.7. The Hall–Kier alpha value is -2.44. The third kappa shape index (κ3) is 8.53. The number of hydrogen-bond acceptors (Lipinski definition) is 8. The number of primary amides is 2. The van der Waals surface area contributed by atoms with Gasteiger partial charge in [-0.3, -0.25) is 9.59 Å². The van der Waals surface area contributed by atoms with Crippen molar-refractivity contribution in [2.24, 2.45) is 11.5 Å². The summed E-state index contributed by atoms with van der Waals surface area (Å²) in [6.07, 6.45) is 5.16. The number of hydrogen-bond donors (Lipinski definition) is 4. The highest BCUT2D eigenvalue weighted by atomic mass is 79.9. The van der Waals surface area contributed by atoms with Crippen molar-refractivity contribution in [3.8, 4) is 23.0 Å². The molecular weight excluding hydrogens is 629 g/mol. The van der Waals surface area contributed by atoms with Gasteiger partial charge in [-0.05, 0) is 71.1 Å². The van der Waals surface area contributed by atoms with Crippen LogP contribution in [0.15, 0.2) is 28.7 Å². The molecule has 0 aromatic heterocycles. The molecule has 0 saturated heterocycles. The SMILES string of the molecule is CCOc1cc(CO)cc(Br)c1OC(CC(N)=O)(Oc1c(Cl)cc(CNC2CCCCC2)cc1OC)C(N)=O.Cl. The Balaban J connectivity index is 0.00000560. The third-order valence-electron chi connectivity index (χ3n) is 6.36. The highest BCUT2D eigenvalue weighted by molar-refractivity contribution is 9.10. The van der Waals surface area contributed by atoms with Gasteiger partial charge >= 0.3 is 11.7 Å². The Bertz CT molecular complexity index is 1180. The molecule has 1 unspecified atom stereocenters. The highest BCUT2D eigenvalue weighted by Gasteiger charge is 2.46. The first-order valence-corrected chi connectivity index (χ1v) is 13.9. The summed E-state index contributed by atoms with van der Waals surface area (Å²) in [5.74, 6) is -4.13. The van der Waals surface area contributed by atoms with E-state index >= 15 is 0 Å². The minimum Gasteiger partial charge on any atom is -0.493 e. The summed E-state index contributed by atoms with van der Waals surface area (Å²) in [6.45, 7) is 2.28. The second kappa shape index (κ2) is 15.5. The van der Waals surface area contributed by atoms with Crippen LogP contribution in [-0.4, -0.2) is 42.5 Å². The number of aliphatic hydroxyl groups is 1. The molecule has 1 atom stereocenters. The monoisotopic (exact) mass is 663 g/mol. The van der Waals surface area contributed by atoms with Crippen molar-refractivity contribution >= 4 is 51.8 Å². The fraction of sp³-hybridized carbons (Fsp3) is 0.481. The molecule has 2 aromatic rings. The van der Waals surface area contributed by atoms with E-state index in [4.69, 9.17) is 42.0 Å². The third-order valence-corrected chi connectivity index (χ3v) is 7.23. The van der Waals surface area contributed by atoms with Crippen LogP contribution in [0.5, 0.6) is 23.0 Å². The van der Waals surface area contributed by atoms with Crippen LogP contribution in [0.4, 0.5) is 0 Å². The van der Waals surface area contributed by atoms with Crippen LogP contribution in [0, 0.1) is 0 Å². The van der Waals surface area contributed by atoms with Gasteiger partial charge in [-0.15, -0.1) is 12.4 Å². The number of carbonyl (C=O) groups excluding carboxylic acids is 2. The van der Waals surface area contributed by atoms with Crippen LogP contribution in [-0.2, 0) is 22.7 Å². The fourth-order valence-electron chi connectivity index (χ4n) is 4.46. The zero-order valence-corrected chi connectivity index (χ0v) is 25.6. The van der Waals surface area contributed by atoms with Gasteiger partial charge in [-0.1, -0.05) is 30.9 Å². The molecule has 0 heterocycles. The van der Waals surface area contributed by atoms with E-state index in [1.54, 1.807) is 25.1 Å². The fourth-order valence-corrected chi connectivity index (χ4v) is 5.30. The smallest absolute Gasteiger partial charge is 0.341 e. The van der Waals surface area contributed by atoms with E-state index in [0.29, 0.717) is 22.6 Å². The first kappa shape index (κ1) is 33.8. The van der Waals surface area contributed by atoms with Crippen molar-refractivity contribution in [2.75, 3.05) is 13.7 Å². The number of nitrogens with one attached hydrogen (secondary N) is 1. The predicted octanol–water partition coefficient (Wildman–Crippen LogP) is 4.36. The molecule has 13 heteroatoms. The molecule has 0 bridgehead atoms. The molecule has 1 saturated carbocycles. The van der Waals surface area contributed by atoms with E-state index < -0.39 is 24.0 Å². The van der Waals surface area contributed by atoms with E-state index in [1.165, 1.54) is 32.4 Å². The number of amides is 2. The Labute approximate surface area is 253 Å². The molecule has 6 N–H and O–H groups in total. The summed E-state index contributed by atoms with van der Waals surface area (Å²) in [5.41, 5.74) is 12.6. The number of nitrogens with two attached hydrogens (primary N) is 2. The number of halogens is 3. The number of benzene rings is 2. The molecule has 2 amide bonds. The Morgan fingerprint density at radius 3 is 2.30 bits per heavy atom. The molecule has 0 spiro atoms.